The van der Waals surface area contributed by atoms with Crippen LogP contribution in [0.4, 0.5) is 0 Å². The number of nitrogens with zero attached hydrogens (tertiary/aromatic N) is 1. The van der Waals surface area contributed by atoms with E-state index < -0.39 is 0 Å². The van der Waals surface area contributed by atoms with Crippen molar-refractivity contribution in [2.24, 2.45) is 0 Å². The number of hydrogen-bond acceptors (Lipinski definition) is 4. The Balaban J connectivity index is 1.93. The third kappa shape index (κ3) is 6.67. The van der Waals surface area contributed by atoms with Crippen LogP contribution in [0.5, 0.6) is 17.4 Å². The van der Waals surface area contributed by atoms with E-state index in [0.717, 1.165) is 11.3 Å². The first-order valence-electron chi connectivity index (χ1n) is 8.28. The molecule has 2 rings (SSSR count). The van der Waals surface area contributed by atoms with E-state index in [1.807, 2.05) is 63.3 Å². The average Bonchev–Trinajstić information content (AvgIpc) is 2.55. The molecule has 0 aliphatic heterocycles. The monoisotopic (exact) mass is 340 g/mol. The standard InChI is InChI=1S/C20H24N2O3/c1-14(2)24-18-8-10-19(11-9-18)25-20-12-7-17(13-21-20)6-5-15(3)22-16(4)23/h5-15H,1-4H3,(H,22,23)/t15-/m0/s1. The van der Waals surface area contributed by atoms with Gasteiger partial charge in [-0.1, -0.05) is 12.2 Å². The second kappa shape index (κ2) is 8.87. The Kier molecular flexibility index (Phi) is 6.57. The smallest absolute Gasteiger partial charge is 0.219 e. The lowest BCUT2D eigenvalue weighted by Gasteiger charge is -2.10. The Morgan fingerprint density at radius 1 is 1.08 bits per heavy atom. The van der Waals surface area contributed by atoms with Crippen molar-refractivity contribution < 1.29 is 14.3 Å². The normalized spacial score (nSPS) is 12.2. The maximum Gasteiger partial charge on any atom is 0.219 e. The SMILES string of the molecule is CC(=O)N[C@@H](C)C=Cc1ccc(Oc2ccc(OC(C)C)cc2)nc1. The Morgan fingerprint density at radius 2 is 1.76 bits per heavy atom. The van der Waals surface area contributed by atoms with Gasteiger partial charge >= 0.3 is 0 Å². The topological polar surface area (TPSA) is 60.5 Å². The van der Waals surface area contributed by atoms with Gasteiger partial charge < -0.3 is 14.8 Å². The fraction of sp³-hybridized carbons (Fsp3) is 0.300. The van der Waals surface area contributed by atoms with Crippen molar-refractivity contribution in [3.05, 3.63) is 54.2 Å². The van der Waals surface area contributed by atoms with Crippen molar-refractivity contribution in [1.82, 2.24) is 10.3 Å². The lowest BCUT2D eigenvalue weighted by Crippen LogP contribution is -2.28. The number of rotatable bonds is 7. The van der Waals surface area contributed by atoms with Crippen LogP contribution in [-0.4, -0.2) is 23.0 Å². The summed E-state index contributed by atoms with van der Waals surface area (Å²) in [6.45, 7) is 7.39. The summed E-state index contributed by atoms with van der Waals surface area (Å²) in [5.74, 6) is 1.98. The minimum Gasteiger partial charge on any atom is -0.491 e. The molecule has 5 nitrogen and oxygen atoms in total. The number of pyridine rings is 1. The lowest BCUT2D eigenvalue weighted by atomic mass is 10.2. The molecule has 132 valence electrons. The molecule has 5 heteroatoms. The van der Waals surface area contributed by atoms with Crippen molar-refractivity contribution in [3.63, 3.8) is 0 Å². The average molecular weight is 340 g/mol. The zero-order valence-electron chi connectivity index (χ0n) is 15.0. The van der Waals surface area contributed by atoms with Crippen LogP contribution in [-0.2, 0) is 4.79 Å². The van der Waals surface area contributed by atoms with Crippen LogP contribution in [0, 0.1) is 0 Å². The van der Waals surface area contributed by atoms with E-state index in [0.29, 0.717) is 11.6 Å². The predicted octanol–water partition coefficient (Wildman–Crippen LogP) is 4.20. The highest BCUT2D eigenvalue weighted by atomic mass is 16.5. The summed E-state index contributed by atoms with van der Waals surface area (Å²) >= 11 is 0. The number of carbonyl (C=O) groups excluding carboxylic acids is 1. The number of carbonyl (C=O) groups is 1. The fourth-order valence-electron chi connectivity index (χ4n) is 2.15. The van der Waals surface area contributed by atoms with Crippen molar-refractivity contribution in [3.8, 4) is 17.4 Å². The molecule has 1 heterocycles. The summed E-state index contributed by atoms with van der Waals surface area (Å²) < 4.78 is 11.3. The number of ether oxygens (including phenoxy) is 2. The van der Waals surface area contributed by atoms with E-state index in [-0.39, 0.29) is 18.1 Å². The third-order valence-electron chi connectivity index (χ3n) is 3.19. The Labute approximate surface area is 148 Å². The van der Waals surface area contributed by atoms with Gasteiger partial charge in [-0.05, 0) is 56.7 Å². The van der Waals surface area contributed by atoms with Crippen molar-refractivity contribution in [2.75, 3.05) is 0 Å². The number of benzene rings is 1. The molecule has 0 saturated carbocycles. The molecule has 1 atom stereocenters. The van der Waals surface area contributed by atoms with E-state index in [1.54, 1.807) is 12.3 Å². The third-order valence-corrected chi connectivity index (χ3v) is 3.19. The molecular formula is C20H24N2O3. The van der Waals surface area contributed by atoms with Gasteiger partial charge in [0.15, 0.2) is 0 Å². The summed E-state index contributed by atoms with van der Waals surface area (Å²) in [4.78, 5) is 15.3. The second-order valence-corrected chi connectivity index (χ2v) is 6.02. The molecule has 1 N–H and O–H groups in total. The van der Waals surface area contributed by atoms with Gasteiger partial charge in [-0.3, -0.25) is 4.79 Å². The summed E-state index contributed by atoms with van der Waals surface area (Å²) in [7, 11) is 0. The van der Waals surface area contributed by atoms with Crippen molar-refractivity contribution >= 4 is 12.0 Å². The Hall–Kier alpha value is -2.82. The van der Waals surface area contributed by atoms with Crippen LogP contribution in [0.15, 0.2) is 48.7 Å². The molecule has 0 fully saturated rings. The van der Waals surface area contributed by atoms with Gasteiger partial charge in [0, 0.05) is 25.2 Å². The molecular weight excluding hydrogens is 316 g/mol. The fourth-order valence-corrected chi connectivity index (χ4v) is 2.15. The van der Waals surface area contributed by atoms with Crippen molar-refractivity contribution in [2.45, 2.75) is 39.8 Å². The first-order valence-corrected chi connectivity index (χ1v) is 8.28. The van der Waals surface area contributed by atoms with Crippen LogP contribution >= 0.6 is 0 Å². The quantitative estimate of drug-likeness (QED) is 0.820. The number of nitrogens with one attached hydrogen (secondary N) is 1. The summed E-state index contributed by atoms with van der Waals surface area (Å²) in [6.07, 6.45) is 5.69. The van der Waals surface area contributed by atoms with Crippen LogP contribution in [0.1, 0.15) is 33.3 Å². The van der Waals surface area contributed by atoms with Gasteiger partial charge in [0.25, 0.3) is 0 Å². The minimum atomic E-state index is -0.0520. The predicted molar refractivity (Wildman–Crippen MR) is 98.8 cm³/mol. The first kappa shape index (κ1) is 18.5. The largest absolute Gasteiger partial charge is 0.491 e. The molecule has 1 aromatic carbocycles. The first-order chi connectivity index (χ1) is 11.9. The lowest BCUT2D eigenvalue weighted by molar-refractivity contribution is -0.119. The molecule has 0 radical (unpaired) electrons. The number of hydrogen-bond donors (Lipinski definition) is 1. The molecule has 25 heavy (non-hydrogen) atoms. The second-order valence-electron chi connectivity index (χ2n) is 6.02. The minimum absolute atomic E-state index is 0.0278. The van der Waals surface area contributed by atoms with E-state index in [1.165, 1.54) is 6.92 Å². The van der Waals surface area contributed by atoms with E-state index >= 15 is 0 Å². The highest BCUT2D eigenvalue weighted by molar-refractivity contribution is 5.73. The highest BCUT2D eigenvalue weighted by Crippen LogP contribution is 2.23. The number of aromatic nitrogens is 1. The molecule has 2 aromatic rings. The van der Waals surface area contributed by atoms with Gasteiger partial charge in [-0.15, -0.1) is 0 Å². The molecule has 1 amide bonds. The van der Waals surface area contributed by atoms with Crippen molar-refractivity contribution in [1.29, 1.82) is 0 Å². The maximum atomic E-state index is 11.0. The number of amides is 1. The van der Waals surface area contributed by atoms with Gasteiger partial charge in [0.05, 0.1) is 6.10 Å². The van der Waals surface area contributed by atoms with E-state index in [2.05, 4.69) is 10.3 Å². The Morgan fingerprint density at radius 3 is 2.32 bits per heavy atom. The molecule has 0 bridgehead atoms. The van der Waals surface area contributed by atoms with Crippen LogP contribution in [0.3, 0.4) is 0 Å². The molecule has 0 saturated heterocycles. The molecule has 1 aromatic heterocycles. The molecule has 0 unspecified atom stereocenters. The molecule has 0 spiro atoms. The van der Waals surface area contributed by atoms with Crippen LogP contribution in [0.25, 0.3) is 6.08 Å². The van der Waals surface area contributed by atoms with Gasteiger partial charge in [0.1, 0.15) is 11.5 Å². The molecule has 0 aliphatic carbocycles. The van der Waals surface area contributed by atoms with E-state index in [9.17, 15) is 4.79 Å². The maximum absolute atomic E-state index is 11.0. The summed E-state index contributed by atoms with van der Waals surface area (Å²) in [5.41, 5.74) is 0.935. The highest BCUT2D eigenvalue weighted by Gasteiger charge is 2.02. The molecule has 0 aliphatic rings. The van der Waals surface area contributed by atoms with E-state index in [4.69, 9.17) is 9.47 Å². The summed E-state index contributed by atoms with van der Waals surface area (Å²) in [5, 5.41) is 2.79. The summed E-state index contributed by atoms with van der Waals surface area (Å²) in [6, 6.07) is 11.1. The Bertz CT molecular complexity index is 707. The van der Waals surface area contributed by atoms with Gasteiger partial charge in [-0.25, -0.2) is 4.98 Å². The van der Waals surface area contributed by atoms with Gasteiger partial charge in [0.2, 0.25) is 11.8 Å². The van der Waals surface area contributed by atoms with Crippen LogP contribution < -0.4 is 14.8 Å². The van der Waals surface area contributed by atoms with Crippen LogP contribution in [0.2, 0.25) is 0 Å². The van der Waals surface area contributed by atoms with Gasteiger partial charge in [-0.2, -0.15) is 0 Å². The zero-order valence-corrected chi connectivity index (χ0v) is 15.0. The zero-order chi connectivity index (χ0) is 18.2.